The van der Waals surface area contributed by atoms with E-state index in [9.17, 15) is 9.59 Å². The van der Waals surface area contributed by atoms with Gasteiger partial charge >= 0.3 is 6.09 Å². The number of carbonyl (C=O) groups excluding carboxylic acids is 2. The van der Waals surface area contributed by atoms with Gasteiger partial charge in [0.1, 0.15) is 19.0 Å². The highest BCUT2D eigenvalue weighted by molar-refractivity contribution is 5.83. The van der Waals surface area contributed by atoms with Crippen molar-refractivity contribution in [2.24, 2.45) is 0 Å². The van der Waals surface area contributed by atoms with E-state index in [1.165, 1.54) is 10.5 Å². The molecule has 4 rings (SSSR count). The van der Waals surface area contributed by atoms with Crippen LogP contribution >= 0.6 is 0 Å². The van der Waals surface area contributed by atoms with E-state index in [0.717, 1.165) is 25.2 Å². The predicted molar refractivity (Wildman–Crippen MR) is 97.0 cm³/mol. The Bertz CT molecular complexity index is 799. The van der Waals surface area contributed by atoms with Crippen LogP contribution in [0.2, 0.25) is 0 Å². The molecule has 0 atom stereocenters. The monoisotopic (exact) mass is 369 g/mol. The number of piperidine rings is 1. The average Bonchev–Trinajstić information content (AvgIpc) is 3.32. The summed E-state index contributed by atoms with van der Waals surface area (Å²) >= 11 is 0. The van der Waals surface area contributed by atoms with E-state index in [4.69, 9.17) is 4.74 Å². The summed E-state index contributed by atoms with van der Waals surface area (Å²) in [4.78, 5) is 35.9. The molecule has 0 unspecified atom stereocenters. The fourth-order valence-electron chi connectivity index (χ4n) is 3.72. The second kappa shape index (κ2) is 7.77. The first-order chi connectivity index (χ1) is 13.2. The highest BCUT2D eigenvalue weighted by atomic mass is 16.6. The quantitative estimate of drug-likeness (QED) is 0.798. The lowest BCUT2D eigenvalue weighted by Crippen LogP contribution is -2.44. The van der Waals surface area contributed by atoms with E-state index < -0.39 is 6.09 Å². The minimum Gasteiger partial charge on any atom is -0.448 e. The number of cyclic esters (lactones) is 1. The molecule has 0 N–H and O–H groups in total. The number of hydrogen-bond acceptors (Lipinski definition) is 5. The zero-order valence-corrected chi connectivity index (χ0v) is 15.2. The minimum atomic E-state index is -0.392. The normalized spacial score (nSPS) is 18.0. The number of nitrogens with zero attached hydrogens (tertiary/aromatic N) is 5. The Morgan fingerprint density at radius 1 is 1.15 bits per heavy atom. The smallest absolute Gasteiger partial charge is 0.410 e. The molecule has 27 heavy (non-hydrogen) atoms. The van der Waals surface area contributed by atoms with Crippen LogP contribution < -0.4 is 0 Å². The van der Waals surface area contributed by atoms with Crippen LogP contribution in [-0.2, 0) is 16.1 Å². The van der Waals surface area contributed by atoms with E-state index in [2.05, 4.69) is 14.5 Å². The van der Waals surface area contributed by atoms with Gasteiger partial charge in [-0.2, -0.15) is 0 Å². The number of carbonyl (C=O) groups is 2. The van der Waals surface area contributed by atoms with Gasteiger partial charge < -0.3 is 14.2 Å². The number of aromatic nitrogens is 3. The molecule has 0 bridgehead atoms. The summed E-state index contributed by atoms with van der Waals surface area (Å²) < 4.78 is 7.06. The van der Waals surface area contributed by atoms with Gasteiger partial charge in [-0.25, -0.2) is 9.78 Å². The minimum absolute atomic E-state index is 0.00701. The Hall–Kier alpha value is -2.90. The summed E-state index contributed by atoms with van der Waals surface area (Å²) in [6.07, 6.45) is 8.81. The molecule has 142 valence electrons. The lowest BCUT2D eigenvalue weighted by atomic mass is 9.95. The van der Waals surface area contributed by atoms with Crippen molar-refractivity contribution in [3.63, 3.8) is 0 Å². The van der Waals surface area contributed by atoms with Crippen LogP contribution in [0, 0.1) is 0 Å². The maximum Gasteiger partial charge on any atom is 0.410 e. The van der Waals surface area contributed by atoms with Crippen molar-refractivity contribution in [2.75, 3.05) is 32.8 Å². The molecule has 2 aliphatic rings. The largest absolute Gasteiger partial charge is 0.448 e. The molecule has 0 aromatic carbocycles. The van der Waals surface area contributed by atoms with Crippen LogP contribution in [0.4, 0.5) is 4.79 Å². The zero-order chi connectivity index (χ0) is 18.6. The van der Waals surface area contributed by atoms with Gasteiger partial charge in [-0.3, -0.25) is 14.7 Å². The number of hydrogen-bond donors (Lipinski definition) is 0. The number of imidazole rings is 1. The van der Waals surface area contributed by atoms with Crippen molar-refractivity contribution < 1.29 is 14.3 Å². The van der Waals surface area contributed by atoms with Gasteiger partial charge in [0, 0.05) is 50.3 Å². The molecule has 0 aliphatic carbocycles. The Morgan fingerprint density at radius 3 is 2.63 bits per heavy atom. The standard InChI is InChI=1S/C19H23N5O3/c25-17(14-24-11-12-27-19(24)26)22-8-3-16(4-9-22)18-21-7-10-23(18)13-15-1-5-20-6-2-15/h1-2,5-7,10,16H,3-4,8-9,11-14H2. The summed E-state index contributed by atoms with van der Waals surface area (Å²) in [6, 6.07) is 4.02. The summed E-state index contributed by atoms with van der Waals surface area (Å²) in [5.74, 6) is 1.40. The Kier molecular flexibility index (Phi) is 5.04. The number of amides is 2. The molecule has 0 spiro atoms. The maximum atomic E-state index is 12.5. The third kappa shape index (κ3) is 3.94. The summed E-state index contributed by atoms with van der Waals surface area (Å²) in [7, 11) is 0. The van der Waals surface area contributed by atoms with E-state index in [0.29, 0.717) is 32.2 Å². The summed E-state index contributed by atoms with van der Waals surface area (Å²) in [5, 5.41) is 0. The SMILES string of the molecule is O=C(CN1CCOC1=O)N1CCC(c2nccn2Cc2ccncc2)CC1. The van der Waals surface area contributed by atoms with E-state index in [1.807, 2.05) is 29.4 Å². The molecule has 4 heterocycles. The molecule has 2 aromatic heterocycles. The maximum absolute atomic E-state index is 12.5. The summed E-state index contributed by atoms with van der Waals surface area (Å²) in [6.45, 7) is 3.12. The van der Waals surface area contributed by atoms with Crippen LogP contribution in [0.1, 0.15) is 30.1 Å². The second-order valence-corrected chi connectivity index (χ2v) is 6.96. The van der Waals surface area contributed by atoms with Gasteiger partial charge in [0.25, 0.3) is 0 Å². The third-order valence-electron chi connectivity index (χ3n) is 5.23. The fraction of sp³-hybridized carbons (Fsp3) is 0.474. The Morgan fingerprint density at radius 2 is 1.93 bits per heavy atom. The first kappa shape index (κ1) is 17.5. The lowest BCUT2D eigenvalue weighted by molar-refractivity contribution is -0.132. The second-order valence-electron chi connectivity index (χ2n) is 6.96. The molecular formula is C19H23N5O3. The van der Waals surface area contributed by atoms with Gasteiger partial charge in [-0.05, 0) is 30.5 Å². The van der Waals surface area contributed by atoms with Crippen molar-refractivity contribution in [3.8, 4) is 0 Å². The molecular weight excluding hydrogens is 346 g/mol. The molecule has 0 saturated carbocycles. The van der Waals surface area contributed by atoms with Crippen LogP contribution in [0.15, 0.2) is 36.9 Å². The third-order valence-corrected chi connectivity index (χ3v) is 5.23. The molecule has 2 amide bonds. The Labute approximate surface area is 157 Å². The zero-order valence-electron chi connectivity index (χ0n) is 15.2. The van der Waals surface area contributed by atoms with E-state index in [1.54, 1.807) is 12.4 Å². The molecule has 2 aromatic rings. The predicted octanol–water partition coefficient (Wildman–Crippen LogP) is 1.48. The topological polar surface area (TPSA) is 80.6 Å². The lowest BCUT2D eigenvalue weighted by Gasteiger charge is -2.32. The molecule has 0 radical (unpaired) electrons. The molecule has 8 heteroatoms. The van der Waals surface area contributed by atoms with Crippen molar-refractivity contribution in [1.82, 2.24) is 24.3 Å². The van der Waals surface area contributed by atoms with Crippen molar-refractivity contribution in [1.29, 1.82) is 0 Å². The van der Waals surface area contributed by atoms with Gasteiger partial charge in [-0.1, -0.05) is 0 Å². The van der Waals surface area contributed by atoms with Crippen molar-refractivity contribution in [2.45, 2.75) is 25.3 Å². The fourth-order valence-corrected chi connectivity index (χ4v) is 3.72. The van der Waals surface area contributed by atoms with Crippen molar-refractivity contribution in [3.05, 3.63) is 48.3 Å². The van der Waals surface area contributed by atoms with Gasteiger partial charge in [0.05, 0.1) is 6.54 Å². The first-order valence-corrected chi connectivity index (χ1v) is 9.30. The van der Waals surface area contributed by atoms with Crippen molar-refractivity contribution >= 4 is 12.0 Å². The van der Waals surface area contributed by atoms with Crippen LogP contribution in [0.5, 0.6) is 0 Å². The molecule has 2 aliphatic heterocycles. The number of likely N-dealkylation sites (tertiary alicyclic amines) is 1. The average molecular weight is 369 g/mol. The molecule has 2 fully saturated rings. The number of rotatable bonds is 5. The van der Waals surface area contributed by atoms with Gasteiger partial charge in [0.15, 0.2) is 0 Å². The van der Waals surface area contributed by atoms with Crippen LogP contribution in [-0.4, -0.2) is 69.1 Å². The molecule has 2 saturated heterocycles. The van der Waals surface area contributed by atoms with Crippen LogP contribution in [0.25, 0.3) is 0 Å². The van der Waals surface area contributed by atoms with Gasteiger partial charge in [-0.15, -0.1) is 0 Å². The highest BCUT2D eigenvalue weighted by Gasteiger charge is 2.30. The first-order valence-electron chi connectivity index (χ1n) is 9.30. The Balaban J connectivity index is 1.34. The summed E-state index contributed by atoms with van der Waals surface area (Å²) in [5.41, 5.74) is 1.19. The molecule has 8 nitrogen and oxygen atoms in total. The van der Waals surface area contributed by atoms with Gasteiger partial charge in [0.2, 0.25) is 5.91 Å². The van der Waals surface area contributed by atoms with Crippen LogP contribution in [0.3, 0.4) is 0 Å². The van der Waals surface area contributed by atoms with E-state index in [-0.39, 0.29) is 12.5 Å². The number of pyridine rings is 1. The number of ether oxygens (including phenoxy) is 1. The van der Waals surface area contributed by atoms with E-state index >= 15 is 0 Å². The highest BCUT2D eigenvalue weighted by Crippen LogP contribution is 2.27.